The lowest BCUT2D eigenvalue weighted by molar-refractivity contribution is -0.0583. The van der Waals surface area contributed by atoms with Gasteiger partial charge in [-0.3, -0.25) is 4.57 Å². The van der Waals surface area contributed by atoms with Gasteiger partial charge >= 0.3 is 0 Å². The summed E-state index contributed by atoms with van der Waals surface area (Å²) in [5, 5.41) is 12.4. The molecule has 0 bridgehead atoms. The predicted molar refractivity (Wildman–Crippen MR) is 82.4 cm³/mol. The number of aliphatic hydroxyl groups excluding tert-OH is 1. The Bertz CT molecular complexity index is 691. The summed E-state index contributed by atoms with van der Waals surface area (Å²) in [5.74, 6) is 0.853. The number of imidazole rings is 1. The molecule has 1 unspecified atom stereocenters. The molecule has 9 nitrogen and oxygen atoms in total. The lowest BCUT2D eigenvalue weighted by Gasteiger charge is -2.20. The van der Waals surface area contributed by atoms with Crippen molar-refractivity contribution in [3.05, 3.63) is 6.33 Å². The molecule has 23 heavy (non-hydrogen) atoms. The molecule has 126 valence electrons. The first-order valence-corrected chi connectivity index (χ1v) is 7.40. The lowest BCUT2D eigenvalue weighted by Crippen LogP contribution is -2.27. The summed E-state index contributed by atoms with van der Waals surface area (Å²) in [4.78, 5) is 13.0. The van der Waals surface area contributed by atoms with Gasteiger partial charge in [0.15, 0.2) is 17.4 Å². The molecule has 0 amide bonds. The molecule has 1 fully saturated rings. The zero-order valence-electron chi connectivity index (χ0n) is 13.6. The standard InChI is InChI=1S/C14H21N5O4/c1-7-8(5-20)23-13(10(7)21-3)19-6-16-9-11(19)17-14(15-2)18-12(9)22-4/h6-8,10,13,20H,5H2,1-4H3,(H,15,17,18)/t7-,8+,10?,13+/m0/s1. The fourth-order valence-electron chi connectivity index (χ4n) is 2.95. The molecule has 1 aliphatic rings. The summed E-state index contributed by atoms with van der Waals surface area (Å²) in [6.45, 7) is 1.92. The molecule has 0 aliphatic carbocycles. The van der Waals surface area contributed by atoms with E-state index in [1.54, 1.807) is 25.1 Å². The maximum Gasteiger partial charge on any atom is 0.246 e. The van der Waals surface area contributed by atoms with E-state index < -0.39 is 6.23 Å². The second kappa shape index (κ2) is 6.26. The molecule has 2 aromatic heterocycles. The largest absolute Gasteiger partial charge is 0.479 e. The van der Waals surface area contributed by atoms with Gasteiger partial charge in [0.25, 0.3) is 0 Å². The van der Waals surface area contributed by atoms with Crippen LogP contribution in [0.2, 0.25) is 0 Å². The quantitative estimate of drug-likeness (QED) is 0.816. The van der Waals surface area contributed by atoms with Crippen LogP contribution >= 0.6 is 0 Å². The number of ether oxygens (including phenoxy) is 3. The van der Waals surface area contributed by atoms with Crippen molar-refractivity contribution < 1.29 is 19.3 Å². The summed E-state index contributed by atoms with van der Waals surface area (Å²) in [7, 11) is 4.90. The number of nitrogens with one attached hydrogen (secondary N) is 1. The Morgan fingerprint density at radius 2 is 2.17 bits per heavy atom. The Hall–Kier alpha value is -1.97. The smallest absolute Gasteiger partial charge is 0.246 e. The summed E-state index contributed by atoms with van der Waals surface area (Å²) in [5.41, 5.74) is 1.13. The molecule has 2 N–H and O–H groups in total. The number of methoxy groups -OCH3 is 2. The van der Waals surface area contributed by atoms with Gasteiger partial charge in [0, 0.05) is 20.1 Å². The van der Waals surface area contributed by atoms with Crippen molar-refractivity contribution in [1.29, 1.82) is 0 Å². The second-order valence-electron chi connectivity index (χ2n) is 5.44. The van der Waals surface area contributed by atoms with Crippen LogP contribution in [0.4, 0.5) is 5.95 Å². The number of aliphatic hydroxyl groups is 1. The van der Waals surface area contributed by atoms with Crippen LogP contribution in [0.15, 0.2) is 6.33 Å². The van der Waals surface area contributed by atoms with Gasteiger partial charge in [-0.25, -0.2) is 4.98 Å². The minimum Gasteiger partial charge on any atom is -0.479 e. The molecule has 9 heteroatoms. The number of anilines is 1. The molecule has 2 aromatic rings. The topological polar surface area (TPSA) is 104 Å². The predicted octanol–water partition coefficient (Wildman–Crippen LogP) is 0.417. The summed E-state index contributed by atoms with van der Waals surface area (Å²) < 4.78 is 18.6. The van der Waals surface area contributed by atoms with Gasteiger partial charge < -0.3 is 24.6 Å². The first-order valence-electron chi connectivity index (χ1n) is 7.40. The van der Waals surface area contributed by atoms with Crippen molar-refractivity contribution in [3.8, 4) is 5.88 Å². The first-order chi connectivity index (χ1) is 11.1. The minimum atomic E-state index is -0.429. The van der Waals surface area contributed by atoms with Gasteiger partial charge in [0.05, 0.1) is 26.1 Å². The fourth-order valence-corrected chi connectivity index (χ4v) is 2.95. The Labute approximate surface area is 133 Å². The van der Waals surface area contributed by atoms with Gasteiger partial charge in [-0.2, -0.15) is 9.97 Å². The Morgan fingerprint density at radius 3 is 2.78 bits per heavy atom. The van der Waals surface area contributed by atoms with E-state index in [0.717, 1.165) is 0 Å². The minimum absolute atomic E-state index is 0.0416. The molecular formula is C14H21N5O4. The molecule has 4 atom stereocenters. The normalized spacial score (nSPS) is 27.5. The third kappa shape index (κ3) is 2.50. The molecular weight excluding hydrogens is 302 g/mol. The van der Waals surface area contributed by atoms with Gasteiger partial charge in [0.1, 0.15) is 6.10 Å². The second-order valence-corrected chi connectivity index (χ2v) is 5.44. The van der Waals surface area contributed by atoms with Crippen LogP contribution in [-0.4, -0.2) is 64.7 Å². The molecule has 0 aromatic carbocycles. The van der Waals surface area contributed by atoms with Crippen LogP contribution in [-0.2, 0) is 9.47 Å². The first kappa shape index (κ1) is 15.9. The highest BCUT2D eigenvalue weighted by molar-refractivity contribution is 5.77. The number of fused-ring (bicyclic) bond motifs is 1. The van der Waals surface area contributed by atoms with Crippen LogP contribution in [0.3, 0.4) is 0 Å². The molecule has 1 aliphatic heterocycles. The molecule has 3 heterocycles. The van der Waals surface area contributed by atoms with Crippen LogP contribution in [0, 0.1) is 5.92 Å². The summed E-state index contributed by atoms with van der Waals surface area (Å²) >= 11 is 0. The van der Waals surface area contributed by atoms with E-state index in [0.29, 0.717) is 23.0 Å². The molecule has 3 rings (SSSR count). The zero-order chi connectivity index (χ0) is 16.6. The average Bonchev–Trinajstić information content (AvgIpc) is 3.13. The van der Waals surface area contributed by atoms with Crippen LogP contribution < -0.4 is 10.1 Å². The number of aromatic nitrogens is 4. The molecule has 0 radical (unpaired) electrons. The van der Waals surface area contributed by atoms with Gasteiger partial charge in [-0.1, -0.05) is 6.92 Å². The number of hydrogen-bond acceptors (Lipinski definition) is 8. The third-order valence-electron chi connectivity index (χ3n) is 4.23. The van der Waals surface area contributed by atoms with Crippen LogP contribution in [0.5, 0.6) is 5.88 Å². The van der Waals surface area contributed by atoms with E-state index in [1.165, 1.54) is 7.11 Å². The van der Waals surface area contributed by atoms with Crippen molar-refractivity contribution in [2.24, 2.45) is 5.92 Å². The molecule has 0 spiro atoms. The van der Waals surface area contributed by atoms with E-state index in [1.807, 2.05) is 6.92 Å². The highest BCUT2D eigenvalue weighted by atomic mass is 16.6. The monoisotopic (exact) mass is 323 g/mol. The number of rotatable bonds is 5. The number of hydrogen-bond donors (Lipinski definition) is 2. The van der Waals surface area contributed by atoms with Crippen molar-refractivity contribution in [2.75, 3.05) is 33.2 Å². The van der Waals surface area contributed by atoms with E-state index in [-0.39, 0.29) is 24.7 Å². The van der Waals surface area contributed by atoms with E-state index in [4.69, 9.17) is 14.2 Å². The van der Waals surface area contributed by atoms with Crippen LogP contribution in [0.25, 0.3) is 11.2 Å². The number of nitrogens with zero attached hydrogens (tertiary/aromatic N) is 4. The Balaban J connectivity index is 2.09. The van der Waals surface area contributed by atoms with Crippen molar-refractivity contribution in [3.63, 3.8) is 0 Å². The van der Waals surface area contributed by atoms with Gasteiger partial charge in [-0.05, 0) is 0 Å². The van der Waals surface area contributed by atoms with Crippen LogP contribution in [0.1, 0.15) is 13.2 Å². The van der Waals surface area contributed by atoms with Crippen molar-refractivity contribution in [1.82, 2.24) is 19.5 Å². The maximum atomic E-state index is 9.48. The van der Waals surface area contributed by atoms with Gasteiger partial charge in [-0.15, -0.1) is 0 Å². The average molecular weight is 323 g/mol. The van der Waals surface area contributed by atoms with E-state index in [9.17, 15) is 5.11 Å². The lowest BCUT2D eigenvalue weighted by atomic mass is 10.0. The zero-order valence-corrected chi connectivity index (χ0v) is 13.6. The van der Waals surface area contributed by atoms with Gasteiger partial charge in [0.2, 0.25) is 11.8 Å². The highest BCUT2D eigenvalue weighted by Crippen LogP contribution is 2.37. The highest BCUT2D eigenvalue weighted by Gasteiger charge is 2.43. The Kier molecular flexibility index (Phi) is 4.33. The Morgan fingerprint density at radius 1 is 1.39 bits per heavy atom. The fraction of sp³-hybridized carbons (Fsp3) is 0.643. The van der Waals surface area contributed by atoms with E-state index in [2.05, 4.69) is 20.3 Å². The van der Waals surface area contributed by atoms with E-state index >= 15 is 0 Å². The summed E-state index contributed by atoms with van der Waals surface area (Å²) in [6.07, 6.45) is 0.685. The molecule has 1 saturated heterocycles. The SMILES string of the molecule is CNc1nc(OC)c2ncn([C@@H]3O[C@H](CO)[C@H](C)C3OC)c2n1. The summed E-state index contributed by atoms with van der Waals surface area (Å²) in [6, 6.07) is 0. The third-order valence-corrected chi connectivity index (χ3v) is 4.23. The molecule has 0 saturated carbocycles. The maximum absolute atomic E-state index is 9.48. The van der Waals surface area contributed by atoms with Crippen molar-refractivity contribution >= 4 is 17.1 Å². The van der Waals surface area contributed by atoms with Crippen molar-refractivity contribution in [2.45, 2.75) is 25.4 Å².